The van der Waals surface area contributed by atoms with Gasteiger partial charge in [-0.2, -0.15) is 0 Å². The molecule has 0 saturated carbocycles. The molecule has 1 unspecified atom stereocenters. The van der Waals surface area contributed by atoms with Crippen molar-refractivity contribution in [2.24, 2.45) is 5.73 Å². The second-order valence-corrected chi connectivity index (χ2v) is 3.21. The Morgan fingerprint density at radius 3 is 3.00 bits per heavy atom. The van der Waals surface area contributed by atoms with E-state index in [4.69, 9.17) is 10.8 Å². The van der Waals surface area contributed by atoms with Crippen LogP contribution < -0.4 is 5.73 Å². The number of hydrogen-bond donors (Lipinski definition) is 2. The van der Waals surface area contributed by atoms with Crippen molar-refractivity contribution < 1.29 is 9.90 Å². The van der Waals surface area contributed by atoms with E-state index in [1.54, 1.807) is 29.9 Å². The normalized spacial score (nSPS) is 12.9. The second kappa shape index (κ2) is 3.32. The van der Waals surface area contributed by atoms with Gasteiger partial charge in [-0.3, -0.25) is 9.20 Å². The third-order valence-corrected chi connectivity index (χ3v) is 2.27. The van der Waals surface area contributed by atoms with Gasteiger partial charge in [0.15, 0.2) is 0 Å². The number of aliphatic carboxylic acids is 1. The topological polar surface area (TPSA) is 93.5 Å². The number of aryl methyl sites for hydroxylation is 1. The largest absolute Gasteiger partial charge is 0.480 e. The van der Waals surface area contributed by atoms with Gasteiger partial charge in [0, 0.05) is 11.9 Å². The van der Waals surface area contributed by atoms with Crippen LogP contribution in [0.4, 0.5) is 0 Å². The van der Waals surface area contributed by atoms with Crippen LogP contribution in [-0.2, 0) is 4.79 Å². The Bertz CT molecular complexity index is 520. The van der Waals surface area contributed by atoms with E-state index < -0.39 is 12.0 Å². The maximum Gasteiger partial charge on any atom is 0.326 e. The van der Waals surface area contributed by atoms with Crippen LogP contribution in [0.5, 0.6) is 0 Å². The number of nitrogens with two attached hydrogens (primary N) is 1. The molecule has 0 spiro atoms. The lowest BCUT2D eigenvalue weighted by Gasteiger charge is -2.03. The fraction of sp³-hybridized carbons (Fsp3) is 0.222. The smallest absolute Gasteiger partial charge is 0.326 e. The lowest BCUT2D eigenvalue weighted by molar-refractivity contribution is -0.138. The van der Waals surface area contributed by atoms with Crippen LogP contribution in [0.1, 0.15) is 17.4 Å². The minimum Gasteiger partial charge on any atom is -0.480 e. The number of hydrogen-bond acceptors (Lipinski definition) is 4. The molecular weight excluding hydrogens is 196 g/mol. The molecule has 0 fully saturated rings. The van der Waals surface area contributed by atoms with Crippen molar-refractivity contribution in [1.29, 1.82) is 0 Å². The highest BCUT2D eigenvalue weighted by Crippen LogP contribution is 2.16. The fourth-order valence-corrected chi connectivity index (χ4v) is 1.44. The summed E-state index contributed by atoms with van der Waals surface area (Å²) in [5.74, 6) is -1.09. The van der Waals surface area contributed by atoms with Gasteiger partial charge in [-0.15, -0.1) is 0 Å². The van der Waals surface area contributed by atoms with Crippen molar-refractivity contribution in [1.82, 2.24) is 14.4 Å². The minimum absolute atomic E-state index is 0.371. The standard InChI is InChI=1S/C9H10N4O2/c1-5-8(7(10)9(14)15)12-6-2-3-11-4-13(5)6/h2-4,7H,10H2,1H3,(H,14,15). The molecule has 0 saturated heterocycles. The van der Waals surface area contributed by atoms with E-state index in [2.05, 4.69) is 9.97 Å². The third-order valence-electron chi connectivity index (χ3n) is 2.27. The molecule has 0 aliphatic heterocycles. The van der Waals surface area contributed by atoms with Crippen molar-refractivity contribution in [3.63, 3.8) is 0 Å². The molecular formula is C9H10N4O2. The van der Waals surface area contributed by atoms with Gasteiger partial charge < -0.3 is 10.8 Å². The Balaban J connectivity index is 2.63. The predicted molar refractivity (Wildman–Crippen MR) is 52.3 cm³/mol. The maximum absolute atomic E-state index is 10.7. The number of nitrogens with zero attached hydrogens (tertiary/aromatic N) is 3. The highest BCUT2D eigenvalue weighted by molar-refractivity contribution is 5.75. The molecule has 78 valence electrons. The first-order valence-corrected chi connectivity index (χ1v) is 4.38. The van der Waals surface area contributed by atoms with E-state index in [0.717, 1.165) is 0 Å². The number of carbonyl (C=O) groups is 1. The van der Waals surface area contributed by atoms with Crippen molar-refractivity contribution in [2.75, 3.05) is 0 Å². The minimum atomic E-state index is -1.09. The van der Waals surface area contributed by atoms with Gasteiger partial charge >= 0.3 is 5.97 Å². The zero-order valence-electron chi connectivity index (χ0n) is 8.08. The second-order valence-electron chi connectivity index (χ2n) is 3.21. The fourth-order valence-electron chi connectivity index (χ4n) is 1.44. The van der Waals surface area contributed by atoms with E-state index in [1.165, 1.54) is 0 Å². The van der Waals surface area contributed by atoms with Gasteiger partial charge in [0.05, 0.1) is 5.69 Å². The summed E-state index contributed by atoms with van der Waals surface area (Å²) in [5, 5.41) is 8.80. The molecule has 0 radical (unpaired) electrons. The lowest BCUT2D eigenvalue weighted by Crippen LogP contribution is -2.21. The molecule has 3 N–H and O–H groups in total. The van der Waals surface area contributed by atoms with E-state index in [1.807, 2.05) is 0 Å². The Morgan fingerprint density at radius 1 is 1.67 bits per heavy atom. The zero-order chi connectivity index (χ0) is 11.0. The van der Waals surface area contributed by atoms with Crippen molar-refractivity contribution in [3.8, 4) is 0 Å². The summed E-state index contributed by atoms with van der Waals surface area (Å²) in [6.07, 6.45) is 3.17. The van der Waals surface area contributed by atoms with Crippen LogP contribution in [0.15, 0.2) is 18.6 Å². The van der Waals surface area contributed by atoms with Crippen LogP contribution in [-0.4, -0.2) is 25.4 Å². The molecule has 0 amide bonds. The van der Waals surface area contributed by atoms with Gasteiger partial charge in [-0.1, -0.05) is 0 Å². The number of carboxylic acids is 1. The summed E-state index contributed by atoms with van der Waals surface area (Å²) < 4.78 is 1.71. The average molecular weight is 206 g/mol. The van der Waals surface area contributed by atoms with E-state index in [-0.39, 0.29) is 0 Å². The van der Waals surface area contributed by atoms with Crippen LogP contribution >= 0.6 is 0 Å². The molecule has 2 heterocycles. The third kappa shape index (κ3) is 1.44. The molecule has 2 aromatic heterocycles. The summed E-state index contributed by atoms with van der Waals surface area (Å²) in [5.41, 5.74) is 7.23. The SMILES string of the molecule is Cc1c(C(N)C(=O)O)nc2ccncn12. The van der Waals surface area contributed by atoms with Crippen LogP contribution in [0.3, 0.4) is 0 Å². The lowest BCUT2D eigenvalue weighted by atomic mass is 10.2. The van der Waals surface area contributed by atoms with Crippen molar-refractivity contribution in [2.45, 2.75) is 13.0 Å². The summed E-state index contributed by atoms with van der Waals surface area (Å²) in [6.45, 7) is 1.76. The van der Waals surface area contributed by atoms with Gasteiger partial charge in [0.1, 0.15) is 18.0 Å². The predicted octanol–water partition coefficient (Wildman–Crippen LogP) is 0.122. The maximum atomic E-state index is 10.7. The summed E-state index contributed by atoms with van der Waals surface area (Å²) in [4.78, 5) is 18.8. The zero-order valence-corrected chi connectivity index (χ0v) is 8.08. The number of carboxylic acid groups (broad SMARTS) is 1. The van der Waals surface area contributed by atoms with Crippen LogP contribution in [0.2, 0.25) is 0 Å². The highest BCUT2D eigenvalue weighted by Gasteiger charge is 2.21. The number of fused-ring (bicyclic) bond motifs is 1. The van der Waals surface area contributed by atoms with Gasteiger partial charge in [-0.05, 0) is 13.0 Å². The quantitative estimate of drug-likeness (QED) is 0.728. The Morgan fingerprint density at radius 2 is 2.40 bits per heavy atom. The summed E-state index contributed by atoms with van der Waals surface area (Å²) in [6, 6.07) is 0.607. The molecule has 0 bridgehead atoms. The molecule has 15 heavy (non-hydrogen) atoms. The Labute approximate surface area is 85.4 Å². The molecule has 0 aliphatic carbocycles. The molecule has 2 rings (SSSR count). The number of aromatic nitrogens is 3. The first-order chi connectivity index (χ1) is 7.11. The molecule has 6 heteroatoms. The van der Waals surface area contributed by atoms with E-state index >= 15 is 0 Å². The van der Waals surface area contributed by atoms with Gasteiger partial charge in [-0.25, -0.2) is 9.97 Å². The van der Waals surface area contributed by atoms with Gasteiger partial charge in [0.25, 0.3) is 0 Å². The van der Waals surface area contributed by atoms with Gasteiger partial charge in [0.2, 0.25) is 0 Å². The molecule has 2 aromatic rings. The summed E-state index contributed by atoms with van der Waals surface area (Å²) >= 11 is 0. The number of rotatable bonds is 2. The molecule has 0 aliphatic rings. The number of imidazole rings is 1. The summed E-state index contributed by atoms with van der Waals surface area (Å²) in [7, 11) is 0. The van der Waals surface area contributed by atoms with Crippen molar-refractivity contribution in [3.05, 3.63) is 30.0 Å². The van der Waals surface area contributed by atoms with Crippen molar-refractivity contribution >= 4 is 11.6 Å². The van der Waals surface area contributed by atoms with Crippen LogP contribution in [0, 0.1) is 6.92 Å². The first-order valence-electron chi connectivity index (χ1n) is 4.38. The monoisotopic (exact) mass is 206 g/mol. The Kier molecular flexibility index (Phi) is 2.12. The first kappa shape index (κ1) is 9.60. The van der Waals surface area contributed by atoms with E-state index in [0.29, 0.717) is 17.0 Å². The molecule has 6 nitrogen and oxygen atoms in total. The molecule has 1 atom stereocenters. The highest BCUT2D eigenvalue weighted by atomic mass is 16.4. The van der Waals surface area contributed by atoms with E-state index in [9.17, 15) is 4.79 Å². The Hall–Kier alpha value is -1.95. The average Bonchev–Trinajstić information content (AvgIpc) is 2.56. The van der Waals surface area contributed by atoms with Crippen LogP contribution in [0.25, 0.3) is 5.65 Å². The molecule has 0 aromatic carbocycles.